The Balaban J connectivity index is 2.25. The van der Waals surface area contributed by atoms with Crippen molar-refractivity contribution in [3.05, 3.63) is 58.6 Å². The molecule has 0 aliphatic heterocycles. The molecule has 0 atom stereocenters. The molecule has 0 saturated heterocycles. The zero-order valence-corrected chi connectivity index (χ0v) is 10.9. The average Bonchev–Trinajstić information content (AvgIpc) is 2.41. The minimum absolute atomic E-state index is 0.0235. The topological polar surface area (TPSA) is 86.6 Å². The maximum Gasteiger partial charge on any atom is 0.335 e. The molecule has 6 heteroatoms. The Morgan fingerprint density at radius 3 is 2.20 bits per heavy atom. The van der Waals surface area contributed by atoms with Crippen LogP contribution in [0.15, 0.2) is 42.5 Å². The van der Waals surface area contributed by atoms with E-state index in [0.29, 0.717) is 5.56 Å². The molecule has 0 aromatic heterocycles. The van der Waals surface area contributed by atoms with Gasteiger partial charge in [0.1, 0.15) is 5.75 Å². The van der Waals surface area contributed by atoms with Gasteiger partial charge in [0.25, 0.3) is 5.91 Å². The lowest BCUT2D eigenvalue weighted by molar-refractivity contribution is 0.0696. The minimum atomic E-state index is -1.11. The van der Waals surface area contributed by atoms with Gasteiger partial charge in [-0.3, -0.25) is 4.79 Å². The largest absolute Gasteiger partial charge is 0.508 e. The van der Waals surface area contributed by atoms with Crippen LogP contribution < -0.4 is 5.32 Å². The highest BCUT2D eigenvalue weighted by Crippen LogP contribution is 2.24. The van der Waals surface area contributed by atoms with Crippen LogP contribution in [0.5, 0.6) is 5.75 Å². The Labute approximate surface area is 119 Å². The number of hydrogen-bond acceptors (Lipinski definition) is 3. The SMILES string of the molecule is O=C(O)c1ccc(Cl)c(NC(=O)c2ccc(O)cc2)c1. The van der Waals surface area contributed by atoms with Gasteiger partial charge < -0.3 is 15.5 Å². The highest BCUT2D eigenvalue weighted by molar-refractivity contribution is 6.34. The molecule has 0 bridgehead atoms. The lowest BCUT2D eigenvalue weighted by Gasteiger charge is -2.08. The number of aromatic carboxylic acids is 1. The highest BCUT2D eigenvalue weighted by Gasteiger charge is 2.11. The molecule has 0 aliphatic carbocycles. The van der Waals surface area contributed by atoms with Crippen LogP contribution in [0.1, 0.15) is 20.7 Å². The van der Waals surface area contributed by atoms with Gasteiger partial charge in [-0.15, -0.1) is 0 Å². The number of rotatable bonds is 3. The molecule has 0 unspecified atom stereocenters. The monoisotopic (exact) mass is 291 g/mol. The third-order valence-corrected chi connectivity index (χ3v) is 2.92. The molecule has 3 N–H and O–H groups in total. The van der Waals surface area contributed by atoms with Crippen molar-refractivity contribution in [3.8, 4) is 5.75 Å². The van der Waals surface area contributed by atoms with Crippen LogP contribution in [-0.2, 0) is 0 Å². The Morgan fingerprint density at radius 2 is 1.60 bits per heavy atom. The molecular weight excluding hydrogens is 282 g/mol. The summed E-state index contributed by atoms with van der Waals surface area (Å²) in [5.74, 6) is -1.51. The van der Waals surface area contributed by atoms with Crippen molar-refractivity contribution < 1.29 is 19.8 Å². The zero-order valence-electron chi connectivity index (χ0n) is 10.1. The molecule has 0 spiro atoms. The Kier molecular flexibility index (Phi) is 3.91. The summed E-state index contributed by atoms with van der Waals surface area (Å²) in [7, 11) is 0. The third kappa shape index (κ3) is 3.07. The predicted octanol–water partition coefficient (Wildman–Crippen LogP) is 3.00. The zero-order chi connectivity index (χ0) is 14.7. The predicted molar refractivity (Wildman–Crippen MR) is 74.5 cm³/mol. The van der Waals surface area contributed by atoms with Crippen molar-refractivity contribution in [1.82, 2.24) is 0 Å². The third-order valence-electron chi connectivity index (χ3n) is 2.59. The molecule has 102 valence electrons. The summed E-state index contributed by atoms with van der Waals surface area (Å²) in [5, 5.41) is 20.8. The van der Waals surface area contributed by atoms with Crippen LogP contribution in [0, 0.1) is 0 Å². The van der Waals surface area contributed by atoms with E-state index in [1.807, 2.05) is 0 Å². The van der Waals surface area contributed by atoms with Gasteiger partial charge in [-0.1, -0.05) is 11.6 Å². The summed E-state index contributed by atoms with van der Waals surface area (Å²) >= 11 is 5.91. The van der Waals surface area contributed by atoms with Gasteiger partial charge in [0.15, 0.2) is 0 Å². The van der Waals surface area contributed by atoms with Gasteiger partial charge in [0.05, 0.1) is 16.3 Å². The van der Waals surface area contributed by atoms with Crippen molar-refractivity contribution in [3.63, 3.8) is 0 Å². The van der Waals surface area contributed by atoms with Crippen molar-refractivity contribution in [2.75, 3.05) is 5.32 Å². The van der Waals surface area contributed by atoms with Gasteiger partial charge in [-0.05, 0) is 42.5 Å². The number of carboxylic acids is 1. The van der Waals surface area contributed by atoms with E-state index in [1.165, 1.54) is 42.5 Å². The number of hydrogen-bond donors (Lipinski definition) is 3. The number of phenolic OH excluding ortho intramolecular Hbond substituents is 1. The summed E-state index contributed by atoms with van der Waals surface area (Å²) < 4.78 is 0. The molecule has 1 amide bonds. The number of amides is 1. The van der Waals surface area contributed by atoms with Gasteiger partial charge in [-0.25, -0.2) is 4.79 Å². The summed E-state index contributed by atoms with van der Waals surface area (Å²) in [6.45, 7) is 0. The smallest absolute Gasteiger partial charge is 0.335 e. The molecule has 20 heavy (non-hydrogen) atoms. The molecular formula is C14H10ClNO4. The van der Waals surface area contributed by atoms with Crippen molar-refractivity contribution >= 4 is 29.2 Å². The summed E-state index contributed by atoms with van der Waals surface area (Å²) in [6, 6.07) is 9.68. The van der Waals surface area contributed by atoms with E-state index in [4.69, 9.17) is 21.8 Å². The first-order valence-corrected chi connectivity index (χ1v) is 5.98. The summed E-state index contributed by atoms with van der Waals surface area (Å²) in [4.78, 5) is 22.8. The van der Waals surface area contributed by atoms with Crippen LogP contribution >= 0.6 is 11.6 Å². The van der Waals surface area contributed by atoms with Gasteiger partial charge in [-0.2, -0.15) is 0 Å². The van der Waals surface area contributed by atoms with Crippen LogP contribution in [-0.4, -0.2) is 22.1 Å². The molecule has 0 aliphatic rings. The number of carbonyl (C=O) groups excluding carboxylic acids is 1. The van der Waals surface area contributed by atoms with Crippen LogP contribution in [0.2, 0.25) is 5.02 Å². The first-order valence-electron chi connectivity index (χ1n) is 5.60. The van der Waals surface area contributed by atoms with Gasteiger partial charge in [0.2, 0.25) is 0 Å². The fourth-order valence-corrected chi connectivity index (χ4v) is 1.73. The molecule has 2 aromatic carbocycles. The van der Waals surface area contributed by atoms with Crippen LogP contribution in [0.3, 0.4) is 0 Å². The number of nitrogens with one attached hydrogen (secondary N) is 1. The van der Waals surface area contributed by atoms with E-state index < -0.39 is 11.9 Å². The van der Waals surface area contributed by atoms with Crippen LogP contribution in [0.4, 0.5) is 5.69 Å². The Hall–Kier alpha value is -2.53. The van der Waals surface area contributed by atoms with E-state index >= 15 is 0 Å². The Bertz CT molecular complexity index is 667. The van der Waals surface area contributed by atoms with Crippen molar-refractivity contribution in [1.29, 1.82) is 0 Å². The number of anilines is 1. The maximum atomic E-state index is 12.0. The lowest BCUT2D eigenvalue weighted by Crippen LogP contribution is -2.12. The quantitative estimate of drug-likeness (QED) is 0.811. The van der Waals surface area contributed by atoms with E-state index in [-0.39, 0.29) is 22.0 Å². The molecule has 2 rings (SSSR count). The van der Waals surface area contributed by atoms with Gasteiger partial charge in [0, 0.05) is 5.56 Å². The second kappa shape index (κ2) is 5.63. The van der Waals surface area contributed by atoms with Gasteiger partial charge >= 0.3 is 5.97 Å². The van der Waals surface area contributed by atoms with Crippen molar-refractivity contribution in [2.45, 2.75) is 0 Å². The van der Waals surface area contributed by atoms with Crippen molar-refractivity contribution in [2.24, 2.45) is 0 Å². The first kappa shape index (κ1) is 13.9. The molecule has 0 heterocycles. The van der Waals surface area contributed by atoms with Crippen LogP contribution in [0.25, 0.3) is 0 Å². The molecule has 0 fully saturated rings. The number of carboxylic acid groups (broad SMARTS) is 1. The summed E-state index contributed by atoms with van der Waals surface area (Å²) in [5.41, 5.74) is 0.555. The van der Waals surface area contributed by atoms with E-state index in [9.17, 15) is 9.59 Å². The number of aromatic hydroxyl groups is 1. The first-order chi connectivity index (χ1) is 9.47. The molecule has 2 aromatic rings. The number of halogens is 1. The average molecular weight is 292 g/mol. The minimum Gasteiger partial charge on any atom is -0.508 e. The highest BCUT2D eigenvalue weighted by atomic mass is 35.5. The maximum absolute atomic E-state index is 12.0. The number of carbonyl (C=O) groups is 2. The molecule has 0 saturated carbocycles. The normalized spacial score (nSPS) is 10.1. The Morgan fingerprint density at radius 1 is 1.00 bits per heavy atom. The standard InChI is InChI=1S/C14H10ClNO4/c15-11-6-3-9(14(19)20)7-12(11)16-13(18)8-1-4-10(17)5-2-8/h1-7,17H,(H,16,18)(H,19,20). The fraction of sp³-hybridized carbons (Fsp3) is 0. The molecule has 5 nitrogen and oxygen atoms in total. The fourth-order valence-electron chi connectivity index (χ4n) is 1.56. The second-order valence-electron chi connectivity index (χ2n) is 4.00. The van der Waals surface area contributed by atoms with E-state index in [1.54, 1.807) is 0 Å². The van der Waals surface area contributed by atoms with E-state index in [0.717, 1.165) is 0 Å². The summed E-state index contributed by atoms with van der Waals surface area (Å²) in [6.07, 6.45) is 0. The second-order valence-corrected chi connectivity index (χ2v) is 4.41. The van der Waals surface area contributed by atoms with E-state index in [2.05, 4.69) is 5.32 Å². The number of benzene rings is 2. The lowest BCUT2D eigenvalue weighted by atomic mass is 10.1. The number of phenols is 1. The molecule has 0 radical (unpaired) electrons.